The Morgan fingerprint density at radius 2 is 1.58 bits per heavy atom. The summed E-state index contributed by atoms with van der Waals surface area (Å²) in [6.45, 7) is 3.86. The van der Waals surface area contributed by atoms with Gasteiger partial charge < -0.3 is 10.1 Å². The first-order valence-electron chi connectivity index (χ1n) is 11.7. The third kappa shape index (κ3) is 6.27. The van der Waals surface area contributed by atoms with Gasteiger partial charge in [-0.15, -0.1) is 5.10 Å². The molecule has 190 valence electrons. The third-order valence-corrected chi connectivity index (χ3v) is 6.83. The maximum atomic E-state index is 13.3. The van der Waals surface area contributed by atoms with E-state index in [1.807, 2.05) is 74.5 Å². The standard InChI is InChI=1S/C28H23BrN6O2S/c1-18-16-19(2)31-28(30-18)38-17-25-26(33-34-35(25)22-12-8-20(29)9-13-22)27(36)32-21-10-14-24(15-11-21)37-23-6-4-3-5-7-23/h3-16H,17H2,1-2H3,(H,32,36). The molecule has 1 amide bonds. The molecule has 8 nitrogen and oxygen atoms in total. The fourth-order valence-electron chi connectivity index (χ4n) is 3.71. The van der Waals surface area contributed by atoms with Crippen molar-refractivity contribution >= 4 is 39.3 Å². The van der Waals surface area contributed by atoms with Gasteiger partial charge in [0.1, 0.15) is 11.5 Å². The summed E-state index contributed by atoms with van der Waals surface area (Å²) >= 11 is 4.89. The number of aromatic nitrogens is 5. The van der Waals surface area contributed by atoms with Crippen LogP contribution < -0.4 is 10.1 Å². The SMILES string of the molecule is Cc1cc(C)nc(SCc2c(C(=O)Nc3ccc(Oc4ccccc4)cc3)nnn2-c2ccc(Br)cc2)n1. The Balaban J connectivity index is 1.38. The molecule has 0 spiro atoms. The van der Waals surface area contributed by atoms with Crippen LogP contribution >= 0.6 is 27.7 Å². The minimum absolute atomic E-state index is 0.231. The van der Waals surface area contributed by atoms with E-state index in [0.29, 0.717) is 28.0 Å². The van der Waals surface area contributed by atoms with Crippen molar-refractivity contribution in [1.29, 1.82) is 0 Å². The number of hydrogen-bond acceptors (Lipinski definition) is 7. The molecule has 0 saturated carbocycles. The van der Waals surface area contributed by atoms with E-state index in [9.17, 15) is 4.79 Å². The fourth-order valence-corrected chi connectivity index (χ4v) is 4.92. The van der Waals surface area contributed by atoms with Gasteiger partial charge in [0.25, 0.3) is 5.91 Å². The molecule has 0 radical (unpaired) electrons. The summed E-state index contributed by atoms with van der Waals surface area (Å²) in [5.41, 5.74) is 4.05. The first-order chi connectivity index (χ1) is 18.4. The van der Waals surface area contributed by atoms with Crippen molar-refractivity contribution in [1.82, 2.24) is 25.0 Å². The van der Waals surface area contributed by atoms with Crippen LogP contribution in [0.5, 0.6) is 11.5 Å². The highest BCUT2D eigenvalue weighted by Crippen LogP contribution is 2.26. The van der Waals surface area contributed by atoms with Crippen molar-refractivity contribution in [2.24, 2.45) is 0 Å². The molecule has 5 aromatic rings. The topological polar surface area (TPSA) is 94.8 Å². The van der Waals surface area contributed by atoms with Gasteiger partial charge in [-0.2, -0.15) is 0 Å². The highest BCUT2D eigenvalue weighted by molar-refractivity contribution is 9.10. The Labute approximate surface area is 232 Å². The lowest BCUT2D eigenvalue weighted by atomic mass is 10.2. The van der Waals surface area contributed by atoms with Crippen molar-refractivity contribution in [2.45, 2.75) is 24.8 Å². The molecule has 0 aliphatic carbocycles. The Morgan fingerprint density at radius 3 is 2.26 bits per heavy atom. The minimum atomic E-state index is -0.359. The van der Waals surface area contributed by atoms with E-state index in [1.54, 1.807) is 28.9 Å². The first-order valence-corrected chi connectivity index (χ1v) is 13.5. The number of benzene rings is 3. The largest absolute Gasteiger partial charge is 0.457 e. The second-order valence-electron chi connectivity index (χ2n) is 8.39. The Morgan fingerprint density at radius 1 is 0.921 bits per heavy atom. The molecule has 38 heavy (non-hydrogen) atoms. The number of nitrogens with zero attached hydrogens (tertiary/aromatic N) is 5. The number of carbonyl (C=O) groups excluding carboxylic acids is 1. The van der Waals surface area contributed by atoms with Crippen LogP contribution in [0, 0.1) is 13.8 Å². The number of anilines is 1. The average molecular weight is 588 g/mol. The van der Waals surface area contributed by atoms with Gasteiger partial charge in [-0.3, -0.25) is 4.79 Å². The van der Waals surface area contributed by atoms with Gasteiger partial charge in [-0.05, 0) is 80.6 Å². The van der Waals surface area contributed by atoms with Gasteiger partial charge in [0.05, 0.1) is 11.4 Å². The zero-order valence-electron chi connectivity index (χ0n) is 20.6. The second-order valence-corrected chi connectivity index (χ2v) is 10.2. The molecule has 2 aromatic heterocycles. The molecule has 0 fully saturated rings. The number of halogens is 1. The van der Waals surface area contributed by atoms with E-state index in [4.69, 9.17) is 4.74 Å². The molecule has 5 rings (SSSR count). The maximum Gasteiger partial charge on any atom is 0.278 e. The van der Waals surface area contributed by atoms with Crippen molar-refractivity contribution in [3.63, 3.8) is 0 Å². The first kappa shape index (κ1) is 25.6. The van der Waals surface area contributed by atoms with E-state index in [0.717, 1.165) is 27.3 Å². The number of rotatable bonds is 8. The number of hydrogen-bond donors (Lipinski definition) is 1. The molecular formula is C28H23BrN6O2S. The van der Waals surface area contributed by atoms with Crippen LogP contribution in [0.4, 0.5) is 5.69 Å². The zero-order valence-corrected chi connectivity index (χ0v) is 23.0. The minimum Gasteiger partial charge on any atom is -0.457 e. The van der Waals surface area contributed by atoms with Gasteiger partial charge >= 0.3 is 0 Å². The maximum absolute atomic E-state index is 13.3. The summed E-state index contributed by atoms with van der Waals surface area (Å²) in [6.07, 6.45) is 0. The quantitative estimate of drug-likeness (QED) is 0.158. The van der Waals surface area contributed by atoms with E-state index in [-0.39, 0.29) is 11.6 Å². The molecule has 0 atom stereocenters. The van der Waals surface area contributed by atoms with Crippen LogP contribution in [0.1, 0.15) is 27.6 Å². The lowest BCUT2D eigenvalue weighted by Gasteiger charge is -2.10. The van der Waals surface area contributed by atoms with Crippen LogP contribution in [0.15, 0.2) is 94.6 Å². The number of para-hydroxylation sites is 1. The summed E-state index contributed by atoms with van der Waals surface area (Å²) in [5, 5.41) is 12.1. The number of nitrogens with one attached hydrogen (secondary N) is 1. The van der Waals surface area contributed by atoms with E-state index in [2.05, 4.69) is 41.5 Å². The van der Waals surface area contributed by atoms with Crippen LogP contribution in [-0.2, 0) is 5.75 Å². The number of carbonyl (C=O) groups is 1. The van der Waals surface area contributed by atoms with Crippen molar-refractivity contribution in [3.8, 4) is 17.2 Å². The van der Waals surface area contributed by atoms with Crippen LogP contribution in [0.2, 0.25) is 0 Å². The molecule has 1 N–H and O–H groups in total. The van der Waals surface area contributed by atoms with Crippen LogP contribution in [0.25, 0.3) is 5.69 Å². The molecule has 0 saturated heterocycles. The summed E-state index contributed by atoms with van der Waals surface area (Å²) < 4.78 is 8.45. The van der Waals surface area contributed by atoms with Crippen LogP contribution in [-0.4, -0.2) is 30.9 Å². The third-order valence-electron chi connectivity index (χ3n) is 5.44. The van der Waals surface area contributed by atoms with Gasteiger partial charge in [-0.25, -0.2) is 14.6 Å². The highest BCUT2D eigenvalue weighted by atomic mass is 79.9. The molecular weight excluding hydrogens is 564 g/mol. The smallest absolute Gasteiger partial charge is 0.278 e. The van der Waals surface area contributed by atoms with Crippen molar-refractivity contribution in [3.05, 3.63) is 112 Å². The van der Waals surface area contributed by atoms with E-state index in [1.165, 1.54) is 11.8 Å². The number of thioether (sulfide) groups is 1. The zero-order chi connectivity index (χ0) is 26.5. The molecule has 0 unspecified atom stereocenters. The molecule has 0 bridgehead atoms. The summed E-state index contributed by atoms with van der Waals surface area (Å²) in [6, 6.07) is 26.3. The van der Waals surface area contributed by atoms with E-state index >= 15 is 0 Å². The summed E-state index contributed by atoms with van der Waals surface area (Å²) in [7, 11) is 0. The number of amides is 1. The van der Waals surface area contributed by atoms with Gasteiger partial charge in [0.15, 0.2) is 10.9 Å². The van der Waals surface area contributed by atoms with Crippen molar-refractivity contribution < 1.29 is 9.53 Å². The molecule has 10 heteroatoms. The molecule has 0 aliphatic rings. The van der Waals surface area contributed by atoms with Crippen LogP contribution in [0.3, 0.4) is 0 Å². The Bertz CT molecular complexity index is 1540. The summed E-state index contributed by atoms with van der Waals surface area (Å²) in [5.74, 6) is 1.45. The monoisotopic (exact) mass is 586 g/mol. The lowest BCUT2D eigenvalue weighted by molar-refractivity contribution is 0.102. The Kier molecular flexibility index (Phi) is 7.81. The second kappa shape index (κ2) is 11.6. The number of ether oxygens (including phenoxy) is 1. The molecule has 0 aliphatic heterocycles. The van der Waals surface area contributed by atoms with Gasteiger partial charge in [-0.1, -0.05) is 51.1 Å². The van der Waals surface area contributed by atoms with E-state index < -0.39 is 0 Å². The average Bonchev–Trinajstić information content (AvgIpc) is 3.33. The van der Waals surface area contributed by atoms with Gasteiger partial charge in [0, 0.05) is 27.3 Å². The summed E-state index contributed by atoms with van der Waals surface area (Å²) in [4.78, 5) is 22.3. The predicted octanol–water partition coefficient (Wildman–Crippen LogP) is 6.77. The normalized spacial score (nSPS) is 10.8. The fraction of sp³-hybridized carbons (Fsp3) is 0.107. The predicted molar refractivity (Wildman–Crippen MR) is 151 cm³/mol. The lowest BCUT2D eigenvalue weighted by Crippen LogP contribution is -2.15. The Hall–Kier alpha value is -4.02. The number of aryl methyl sites for hydroxylation is 2. The molecule has 2 heterocycles. The highest BCUT2D eigenvalue weighted by Gasteiger charge is 2.22. The van der Waals surface area contributed by atoms with Gasteiger partial charge in [0.2, 0.25) is 0 Å². The van der Waals surface area contributed by atoms with Crippen molar-refractivity contribution in [2.75, 3.05) is 5.32 Å². The molecule has 3 aromatic carbocycles.